The van der Waals surface area contributed by atoms with E-state index in [4.69, 9.17) is 5.73 Å². The van der Waals surface area contributed by atoms with E-state index in [1.807, 2.05) is 26.0 Å². The van der Waals surface area contributed by atoms with Crippen molar-refractivity contribution in [2.24, 2.45) is 0 Å². The number of amides is 1. The summed E-state index contributed by atoms with van der Waals surface area (Å²) in [5.41, 5.74) is 11.3. The van der Waals surface area contributed by atoms with Crippen molar-refractivity contribution in [3.63, 3.8) is 0 Å². The van der Waals surface area contributed by atoms with Gasteiger partial charge in [-0.2, -0.15) is 5.26 Å². The average molecular weight is 397 g/mol. The highest BCUT2D eigenvalue weighted by Crippen LogP contribution is 2.36. The number of nitrogen functional groups attached to an aromatic ring is 1. The molecule has 3 N–H and O–H groups in total. The Hall–Kier alpha value is -4.25. The predicted octanol–water partition coefficient (Wildman–Crippen LogP) is 2.97. The number of hydrogen-bond acceptors (Lipinski definition) is 6. The van der Waals surface area contributed by atoms with Crippen molar-refractivity contribution in [2.75, 3.05) is 12.3 Å². The van der Waals surface area contributed by atoms with Crippen molar-refractivity contribution in [1.82, 2.24) is 24.7 Å². The highest BCUT2D eigenvalue weighted by atomic mass is 16.1. The standard InChI is InChI=1S/C22H19N7O/c1-3-26-21(30)17-12-29-20(27-17)18(16-7-8-25-11-13(16)2)19(28-22(29)24)15-6-4-5-14(9-15)10-23/h4-9,11-12H,3H2,1-2H3,(H2,24,28)(H,26,30). The number of anilines is 1. The molecular weight excluding hydrogens is 378 g/mol. The molecule has 4 aromatic rings. The van der Waals surface area contributed by atoms with E-state index in [2.05, 4.69) is 26.3 Å². The Bertz CT molecular complexity index is 1320. The first kappa shape index (κ1) is 19.1. The Kier molecular flexibility index (Phi) is 4.86. The second-order valence-electron chi connectivity index (χ2n) is 6.76. The number of aromatic nitrogens is 4. The van der Waals surface area contributed by atoms with Crippen LogP contribution in [-0.2, 0) is 0 Å². The number of rotatable bonds is 4. The van der Waals surface area contributed by atoms with Crippen LogP contribution in [0.3, 0.4) is 0 Å². The van der Waals surface area contributed by atoms with Crippen LogP contribution in [0.4, 0.5) is 5.95 Å². The van der Waals surface area contributed by atoms with Gasteiger partial charge in [-0.3, -0.25) is 14.2 Å². The van der Waals surface area contributed by atoms with E-state index in [-0.39, 0.29) is 17.5 Å². The number of aryl methyl sites for hydroxylation is 1. The van der Waals surface area contributed by atoms with Crippen LogP contribution in [-0.4, -0.2) is 31.8 Å². The Morgan fingerprint density at radius 1 is 1.30 bits per heavy atom. The number of carbonyl (C=O) groups excluding carboxylic acids is 1. The molecule has 4 rings (SSSR count). The second kappa shape index (κ2) is 7.64. The lowest BCUT2D eigenvalue weighted by Gasteiger charge is -2.14. The van der Waals surface area contributed by atoms with Gasteiger partial charge in [0.25, 0.3) is 5.91 Å². The van der Waals surface area contributed by atoms with Crippen molar-refractivity contribution in [1.29, 1.82) is 5.26 Å². The largest absolute Gasteiger partial charge is 0.369 e. The predicted molar refractivity (Wildman–Crippen MR) is 114 cm³/mol. The molecule has 0 aliphatic carbocycles. The van der Waals surface area contributed by atoms with Crippen LogP contribution >= 0.6 is 0 Å². The molecule has 0 fully saturated rings. The fourth-order valence-electron chi connectivity index (χ4n) is 3.37. The molecule has 0 atom stereocenters. The molecule has 0 aliphatic rings. The summed E-state index contributed by atoms with van der Waals surface area (Å²) in [6, 6.07) is 11.2. The van der Waals surface area contributed by atoms with E-state index >= 15 is 0 Å². The minimum absolute atomic E-state index is 0.195. The number of imidazole rings is 1. The second-order valence-corrected chi connectivity index (χ2v) is 6.76. The number of nitriles is 1. The molecule has 0 saturated heterocycles. The lowest BCUT2D eigenvalue weighted by atomic mass is 9.97. The van der Waals surface area contributed by atoms with E-state index in [0.717, 1.165) is 22.3 Å². The number of fused-ring (bicyclic) bond motifs is 1. The van der Waals surface area contributed by atoms with Crippen LogP contribution in [0.15, 0.2) is 48.9 Å². The van der Waals surface area contributed by atoms with E-state index in [1.54, 1.807) is 41.2 Å². The third-order valence-corrected chi connectivity index (χ3v) is 4.76. The van der Waals surface area contributed by atoms with Crippen LogP contribution < -0.4 is 11.1 Å². The maximum absolute atomic E-state index is 12.4. The SMILES string of the molecule is CCNC(=O)c1cn2c(N)nc(-c3cccc(C#N)c3)c(-c3ccncc3C)c2n1. The van der Waals surface area contributed by atoms with Crippen molar-refractivity contribution >= 4 is 17.5 Å². The van der Waals surface area contributed by atoms with Gasteiger partial charge in [-0.05, 0) is 43.2 Å². The van der Waals surface area contributed by atoms with Crippen molar-refractivity contribution in [2.45, 2.75) is 13.8 Å². The molecule has 1 amide bonds. The van der Waals surface area contributed by atoms with Crippen molar-refractivity contribution in [3.8, 4) is 28.5 Å². The summed E-state index contributed by atoms with van der Waals surface area (Å²) in [6.45, 7) is 4.27. The average Bonchev–Trinajstić information content (AvgIpc) is 3.21. The molecule has 148 valence electrons. The van der Waals surface area contributed by atoms with Gasteiger partial charge in [-0.15, -0.1) is 0 Å². The monoisotopic (exact) mass is 397 g/mol. The summed E-state index contributed by atoms with van der Waals surface area (Å²) in [5.74, 6) is -0.0908. The maximum atomic E-state index is 12.4. The molecule has 0 bridgehead atoms. The molecule has 0 saturated carbocycles. The van der Waals surface area contributed by atoms with Crippen LogP contribution in [0.25, 0.3) is 28.0 Å². The maximum Gasteiger partial charge on any atom is 0.271 e. The number of hydrogen-bond donors (Lipinski definition) is 2. The van der Waals surface area contributed by atoms with Crippen LogP contribution in [0.1, 0.15) is 28.5 Å². The lowest BCUT2D eigenvalue weighted by Crippen LogP contribution is -2.22. The zero-order valence-corrected chi connectivity index (χ0v) is 16.5. The van der Waals surface area contributed by atoms with Gasteiger partial charge in [0.15, 0.2) is 5.65 Å². The van der Waals surface area contributed by atoms with E-state index < -0.39 is 0 Å². The highest BCUT2D eigenvalue weighted by molar-refractivity contribution is 5.96. The number of nitrogens with one attached hydrogen (secondary N) is 1. The van der Waals surface area contributed by atoms with E-state index in [9.17, 15) is 10.1 Å². The topological polar surface area (TPSA) is 122 Å². The third-order valence-electron chi connectivity index (χ3n) is 4.76. The Morgan fingerprint density at radius 3 is 2.87 bits per heavy atom. The van der Waals surface area contributed by atoms with Crippen LogP contribution in [0, 0.1) is 18.3 Å². The molecule has 3 heterocycles. The zero-order valence-electron chi connectivity index (χ0n) is 16.5. The molecule has 0 radical (unpaired) electrons. The summed E-state index contributed by atoms with van der Waals surface area (Å²) < 4.78 is 1.61. The molecule has 0 aliphatic heterocycles. The number of nitrogens with zero attached hydrogens (tertiary/aromatic N) is 5. The fraction of sp³-hybridized carbons (Fsp3) is 0.136. The molecule has 8 heteroatoms. The Balaban J connectivity index is 2.08. The van der Waals surface area contributed by atoms with Gasteiger partial charge >= 0.3 is 0 Å². The number of carbonyl (C=O) groups is 1. The van der Waals surface area contributed by atoms with Crippen LogP contribution in [0.5, 0.6) is 0 Å². The molecule has 30 heavy (non-hydrogen) atoms. The first-order chi connectivity index (χ1) is 14.5. The summed E-state index contributed by atoms with van der Waals surface area (Å²) in [6.07, 6.45) is 5.03. The number of pyridine rings is 1. The summed E-state index contributed by atoms with van der Waals surface area (Å²) in [7, 11) is 0. The minimum Gasteiger partial charge on any atom is -0.369 e. The minimum atomic E-state index is -0.286. The van der Waals surface area contributed by atoms with Gasteiger partial charge in [0.2, 0.25) is 5.95 Å². The van der Waals surface area contributed by atoms with Crippen molar-refractivity contribution < 1.29 is 4.79 Å². The number of nitrogens with two attached hydrogens (primary N) is 1. The van der Waals surface area contributed by atoms with Gasteiger partial charge in [-0.25, -0.2) is 9.97 Å². The van der Waals surface area contributed by atoms with Gasteiger partial charge in [0.05, 0.1) is 22.9 Å². The number of benzene rings is 1. The molecule has 0 unspecified atom stereocenters. The van der Waals surface area contributed by atoms with Gasteiger partial charge in [-0.1, -0.05) is 12.1 Å². The van der Waals surface area contributed by atoms with Gasteiger partial charge in [0, 0.05) is 30.7 Å². The van der Waals surface area contributed by atoms with Gasteiger partial charge in [0.1, 0.15) is 5.69 Å². The molecular formula is C22H19N7O. The molecule has 3 aromatic heterocycles. The van der Waals surface area contributed by atoms with Gasteiger partial charge < -0.3 is 11.1 Å². The Morgan fingerprint density at radius 2 is 2.13 bits per heavy atom. The van der Waals surface area contributed by atoms with E-state index in [0.29, 0.717) is 23.4 Å². The fourth-order valence-corrected chi connectivity index (χ4v) is 3.37. The summed E-state index contributed by atoms with van der Waals surface area (Å²) >= 11 is 0. The molecule has 1 aromatic carbocycles. The smallest absolute Gasteiger partial charge is 0.271 e. The molecule has 0 spiro atoms. The third kappa shape index (κ3) is 3.22. The lowest BCUT2D eigenvalue weighted by molar-refractivity contribution is 0.0951. The normalized spacial score (nSPS) is 10.7. The zero-order chi connectivity index (χ0) is 21.3. The van der Waals surface area contributed by atoms with E-state index in [1.165, 1.54) is 0 Å². The Labute approximate surface area is 173 Å². The first-order valence-electron chi connectivity index (χ1n) is 9.41. The molecule has 8 nitrogen and oxygen atoms in total. The summed E-state index contributed by atoms with van der Waals surface area (Å²) in [4.78, 5) is 25.8. The van der Waals surface area contributed by atoms with Crippen molar-refractivity contribution in [3.05, 3.63) is 65.7 Å². The quantitative estimate of drug-likeness (QED) is 0.546. The highest BCUT2D eigenvalue weighted by Gasteiger charge is 2.22. The first-order valence-corrected chi connectivity index (χ1v) is 9.41. The summed E-state index contributed by atoms with van der Waals surface area (Å²) in [5, 5.41) is 12.1. The van der Waals surface area contributed by atoms with Crippen LogP contribution in [0.2, 0.25) is 0 Å².